The summed E-state index contributed by atoms with van der Waals surface area (Å²) in [6, 6.07) is 2.02. The summed E-state index contributed by atoms with van der Waals surface area (Å²) in [5.41, 5.74) is 1.39. The molecular weight excluding hydrogens is 218 g/mol. The zero-order valence-electron chi connectivity index (χ0n) is 8.18. The average Bonchev–Trinajstić information content (AvgIpc) is 2.51. The molecule has 0 bridgehead atoms. The molecule has 0 aromatic carbocycles. The van der Waals surface area contributed by atoms with Gasteiger partial charge in [0.2, 0.25) is 0 Å². The van der Waals surface area contributed by atoms with Crippen LogP contribution in [0.5, 0.6) is 0 Å². The molecule has 0 radical (unpaired) electrons. The minimum atomic E-state index is 0.339. The number of hydrogen-bond donors (Lipinski definition) is 1. The molecule has 1 saturated heterocycles. The summed E-state index contributed by atoms with van der Waals surface area (Å²) in [6.45, 7) is 4.91. The molecule has 4 heteroatoms. The van der Waals surface area contributed by atoms with E-state index >= 15 is 0 Å². The lowest BCUT2D eigenvalue weighted by atomic mass is 9.83. The van der Waals surface area contributed by atoms with Gasteiger partial charge in [-0.25, -0.2) is 0 Å². The number of halogens is 1. The fourth-order valence-electron chi connectivity index (χ4n) is 1.52. The lowest BCUT2D eigenvalue weighted by molar-refractivity contribution is -0.106. The second kappa shape index (κ2) is 4.09. The first-order chi connectivity index (χ1) is 6.76. The smallest absolute Gasteiger partial charge is 0.116 e. The van der Waals surface area contributed by atoms with E-state index in [-0.39, 0.29) is 0 Å². The summed E-state index contributed by atoms with van der Waals surface area (Å²) in [4.78, 5) is 0. The van der Waals surface area contributed by atoms with Crippen LogP contribution in [0.3, 0.4) is 0 Å². The summed E-state index contributed by atoms with van der Waals surface area (Å²) in [6.07, 6.45) is 1.15. The van der Waals surface area contributed by atoms with Crippen molar-refractivity contribution in [1.29, 1.82) is 0 Å². The minimum absolute atomic E-state index is 0.339. The standard InChI is InChI=1S/C10H14ClNOS/c1-2-10(6-13-7-10)5-12-8-3-4-14-9(8)11/h3-4,12H,2,5-7H2,1H3. The van der Waals surface area contributed by atoms with E-state index in [1.807, 2.05) is 11.4 Å². The van der Waals surface area contributed by atoms with Crippen LogP contribution in [0.25, 0.3) is 0 Å². The fourth-order valence-corrected chi connectivity index (χ4v) is 2.40. The van der Waals surface area contributed by atoms with E-state index in [4.69, 9.17) is 16.3 Å². The molecule has 1 aliphatic rings. The molecule has 0 spiro atoms. The molecule has 0 aliphatic carbocycles. The summed E-state index contributed by atoms with van der Waals surface area (Å²) in [7, 11) is 0. The van der Waals surface area contributed by atoms with Gasteiger partial charge in [0, 0.05) is 12.0 Å². The van der Waals surface area contributed by atoms with Gasteiger partial charge in [0.15, 0.2) is 0 Å². The molecular formula is C10H14ClNOS. The molecule has 14 heavy (non-hydrogen) atoms. The summed E-state index contributed by atoms with van der Waals surface area (Å²) in [5.74, 6) is 0. The number of rotatable bonds is 4. The Kier molecular flexibility index (Phi) is 3.00. The Hall–Kier alpha value is -0.250. The molecule has 1 aromatic rings. The van der Waals surface area contributed by atoms with Crippen molar-refractivity contribution in [3.05, 3.63) is 15.8 Å². The molecule has 1 aromatic heterocycles. The van der Waals surface area contributed by atoms with Crippen LogP contribution in [0, 0.1) is 5.41 Å². The molecule has 0 atom stereocenters. The van der Waals surface area contributed by atoms with Gasteiger partial charge in [-0.15, -0.1) is 11.3 Å². The maximum Gasteiger partial charge on any atom is 0.116 e. The van der Waals surface area contributed by atoms with Gasteiger partial charge >= 0.3 is 0 Å². The molecule has 2 nitrogen and oxygen atoms in total. The van der Waals surface area contributed by atoms with Crippen molar-refractivity contribution in [3.8, 4) is 0 Å². The molecule has 1 aliphatic heterocycles. The maximum absolute atomic E-state index is 6.00. The number of thiophene rings is 1. The predicted molar refractivity (Wildman–Crippen MR) is 61.4 cm³/mol. The highest BCUT2D eigenvalue weighted by atomic mass is 35.5. The van der Waals surface area contributed by atoms with E-state index in [0.717, 1.165) is 36.2 Å². The largest absolute Gasteiger partial charge is 0.382 e. The number of nitrogens with one attached hydrogen (secondary N) is 1. The van der Waals surface area contributed by atoms with Crippen LogP contribution in [0.1, 0.15) is 13.3 Å². The highest BCUT2D eigenvalue weighted by molar-refractivity contribution is 7.15. The fraction of sp³-hybridized carbons (Fsp3) is 0.600. The first kappa shape index (κ1) is 10.3. The van der Waals surface area contributed by atoms with Gasteiger partial charge in [0.05, 0.1) is 18.9 Å². The highest BCUT2D eigenvalue weighted by Gasteiger charge is 2.36. The second-order valence-corrected chi connectivity index (χ2v) is 5.33. The summed E-state index contributed by atoms with van der Waals surface area (Å²) >= 11 is 7.56. The van der Waals surface area contributed by atoms with Crippen LogP contribution in [-0.2, 0) is 4.74 Å². The Bertz CT molecular complexity index is 303. The van der Waals surface area contributed by atoms with E-state index in [9.17, 15) is 0 Å². The zero-order valence-corrected chi connectivity index (χ0v) is 9.75. The Morgan fingerprint density at radius 3 is 2.86 bits per heavy atom. The second-order valence-electron chi connectivity index (χ2n) is 3.81. The molecule has 0 saturated carbocycles. The van der Waals surface area contributed by atoms with Crippen LogP contribution < -0.4 is 5.32 Å². The zero-order chi connectivity index (χ0) is 10.0. The van der Waals surface area contributed by atoms with Crippen molar-refractivity contribution in [1.82, 2.24) is 0 Å². The molecule has 1 N–H and O–H groups in total. The van der Waals surface area contributed by atoms with E-state index in [1.54, 1.807) is 11.3 Å². The third kappa shape index (κ3) is 1.90. The van der Waals surface area contributed by atoms with Gasteiger partial charge < -0.3 is 10.1 Å². The Morgan fingerprint density at radius 2 is 2.43 bits per heavy atom. The Morgan fingerprint density at radius 1 is 1.64 bits per heavy atom. The SMILES string of the molecule is CCC1(CNc2ccsc2Cl)COC1. The van der Waals surface area contributed by atoms with Crippen LogP contribution in [0.2, 0.25) is 4.34 Å². The molecule has 0 unspecified atom stereocenters. The van der Waals surface area contributed by atoms with Crippen molar-refractivity contribution >= 4 is 28.6 Å². The van der Waals surface area contributed by atoms with Crippen molar-refractivity contribution in [3.63, 3.8) is 0 Å². The van der Waals surface area contributed by atoms with Crippen LogP contribution >= 0.6 is 22.9 Å². The van der Waals surface area contributed by atoms with Crippen molar-refractivity contribution in [2.45, 2.75) is 13.3 Å². The van der Waals surface area contributed by atoms with Gasteiger partial charge in [-0.05, 0) is 17.9 Å². The van der Waals surface area contributed by atoms with Gasteiger partial charge in [-0.1, -0.05) is 18.5 Å². The van der Waals surface area contributed by atoms with E-state index in [1.165, 1.54) is 0 Å². The van der Waals surface area contributed by atoms with Crippen molar-refractivity contribution in [2.24, 2.45) is 5.41 Å². The van der Waals surface area contributed by atoms with Crippen molar-refractivity contribution in [2.75, 3.05) is 25.1 Å². The van der Waals surface area contributed by atoms with Crippen LogP contribution in [-0.4, -0.2) is 19.8 Å². The maximum atomic E-state index is 6.00. The van der Waals surface area contributed by atoms with Crippen LogP contribution in [0.15, 0.2) is 11.4 Å². The Balaban J connectivity index is 1.90. The van der Waals surface area contributed by atoms with Gasteiger partial charge in [-0.2, -0.15) is 0 Å². The van der Waals surface area contributed by atoms with E-state index < -0.39 is 0 Å². The molecule has 2 rings (SSSR count). The normalized spacial score (nSPS) is 19.0. The summed E-state index contributed by atoms with van der Waals surface area (Å²) in [5, 5.41) is 5.39. The molecule has 2 heterocycles. The van der Waals surface area contributed by atoms with Crippen LogP contribution in [0.4, 0.5) is 5.69 Å². The number of ether oxygens (including phenoxy) is 1. The third-order valence-corrected chi connectivity index (χ3v) is 4.01. The predicted octanol–water partition coefficient (Wildman–Crippen LogP) is 3.24. The number of hydrogen-bond acceptors (Lipinski definition) is 3. The quantitative estimate of drug-likeness (QED) is 0.859. The van der Waals surface area contributed by atoms with E-state index in [2.05, 4.69) is 12.2 Å². The molecule has 1 fully saturated rings. The lowest BCUT2D eigenvalue weighted by Crippen LogP contribution is -2.47. The summed E-state index contributed by atoms with van der Waals surface area (Å²) < 4.78 is 6.10. The first-order valence-electron chi connectivity index (χ1n) is 4.80. The topological polar surface area (TPSA) is 21.3 Å². The molecule has 0 amide bonds. The monoisotopic (exact) mass is 231 g/mol. The van der Waals surface area contributed by atoms with Crippen molar-refractivity contribution < 1.29 is 4.74 Å². The highest BCUT2D eigenvalue weighted by Crippen LogP contribution is 2.33. The lowest BCUT2D eigenvalue weighted by Gasteiger charge is -2.41. The number of anilines is 1. The van der Waals surface area contributed by atoms with Gasteiger partial charge in [0.25, 0.3) is 0 Å². The molecule has 78 valence electrons. The van der Waals surface area contributed by atoms with Gasteiger partial charge in [-0.3, -0.25) is 0 Å². The third-order valence-electron chi connectivity index (χ3n) is 2.84. The van der Waals surface area contributed by atoms with E-state index in [0.29, 0.717) is 5.41 Å². The minimum Gasteiger partial charge on any atom is -0.382 e. The van der Waals surface area contributed by atoms with Gasteiger partial charge in [0.1, 0.15) is 4.34 Å². The Labute approximate surface area is 93.2 Å². The first-order valence-corrected chi connectivity index (χ1v) is 6.06. The average molecular weight is 232 g/mol.